The van der Waals surface area contributed by atoms with E-state index in [0.717, 1.165) is 36.4 Å². The van der Waals surface area contributed by atoms with E-state index in [0.29, 0.717) is 6.54 Å². The van der Waals surface area contributed by atoms with Crippen LogP contribution in [0.1, 0.15) is 38.7 Å². The van der Waals surface area contributed by atoms with Gasteiger partial charge < -0.3 is 10.6 Å². The molecule has 2 heterocycles. The van der Waals surface area contributed by atoms with Gasteiger partial charge in [-0.15, -0.1) is 0 Å². The zero-order chi connectivity index (χ0) is 13.0. The fourth-order valence-corrected chi connectivity index (χ4v) is 2.61. The molecule has 2 N–H and O–H groups in total. The van der Waals surface area contributed by atoms with Crippen molar-refractivity contribution >= 4 is 5.95 Å². The maximum atomic E-state index is 5.56. The smallest absolute Gasteiger partial charge is 0.225 e. The zero-order valence-corrected chi connectivity index (χ0v) is 11.5. The summed E-state index contributed by atoms with van der Waals surface area (Å²) in [6.45, 7) is 7.31. The Labute approximate surface area is 110 Å². The Bertz CT molecular complexity index is 361. The number of anilines is 1. The van der Waals surface area contributed by atoms with E-state index >= 15 is 0 Å². The third kappa shape index (κ3) is 3.19. The average Bonchev–Trinajstić information content (AvgIpc) is 2.64. The molecule has 1 fully saturated rings. The molecule has 0 aromatic carbocycles. The molecule has 0 saturated carbocycles. The summed E-state index contributed by atoms with van der Waals surface area (Å²) in [7, 11) is 0. The predicted octanol–water partition coefficient (Wildman–Crippen LogP) is 2.20. The van der Waals surface area contributed by atoms with E-state index in [1.165, 1.54) is 19.3 Å². The molecular weight excluding hydrogens is 224 g/mol. The van der Waals surface area contributed by atoms with Crippen molar-refractivity contribution in [2.75, 3.05) is 18.0 Å². The second-order valence-corrected chi connectivity index (χ2v) is 5.52. The molecule has 0 aliphatic carbocycles. The lowest BCUT2D eigenvalue weighted by atomic mass is 9.89. The van der Waals surface area contributed by atoms with Crippen molar-refractivity contribution in [2.24, 2.45) is 17.6 Å². The van der Waals surface area contributed by atoms with Crippen LogP contribution in [0.15, 0.2) is 12.4 Å². The lowest BCUT2D eigenvalue weighted by Crippen LogP contribution is -2.26. The van der Waals surface area contributed by atoms with Crippen LogP contribution in [-0.2, 0) is 6.54 Å². The van der Waals surface area contributed by atoms with Crippen LogP contribution in [0.5, 0.6) is 0 Å². The minimum atomic E-state index is 0.510. The van der Waals surface area contributed by atoms with Crippen LogP contribution in [-0.4, -0.2) is 23.1 Å². The summed E-state index contributed by atoms with van der Waals surface area (Å²) in [5, 5.41) is 0. The molecule has 18 heavy (non-hydrogen) atoms. The van der Waals surface area contributed by atoms with E-state index in [9.17, 15) is 0 Å². The van der Waals surface area contributed by atoms with Crippen LogP contribution in [0.2, 0.25) is 0 Å². The van der Waals surface area contributed by atoms with Gasteiger partial charge in [-0.25, -0.2) is 9.97 Å². The maximum Gasteiger partial charge on any atom is 0.225 e. The van der Waals surface area contributed by atoms with Crippen LogP contribution in [0, 0.1) is 11.8 Å². The van der Waals surface area contributed by atoms with E-state index in [1.54, 1.807) is 0 Å². The summed E-state index contributed by atoms with van der Waals surface area (Å²) in [6.07, 6.45) is 7.50. The molecule has 1 unspecified atom stereocenters. The van der Waals surface area contributed by atoms with E-state index in [1.807, 2.05) is 12.4 Å². The molecule has 0 bridgehead atoms. The van der Waals surface area contributed by atoms with Crippen molar-refractivity contribution in [3.63, 3.8) is 0 Å². The first-order chi connectivity index (χ1) is 8.70. The summed E-state index contributed by atoms with van der Waals surface area (Å²) in [6, 6.07) is 0. The van der Waals surface area contributed by atoms with E-state index in [4.69, 9.17) is 5.73 Å². The summed E-state index contributed by atoms with van der Waals surface area (Å²) in [5.41, 5.74) is 6.56. The Hall–Kier alpha value is -1.16. The molecule has 4 heteroatoms. The fourth-order valence-electron chi connectivity index (χ4n) is 2.61. The van der Waals surface area contributed by atoms with E-state index < -0.39 is 0 Å². The maximum absolute atomic E-state index is 5.56. The Morgan fingerprint density at radius 3 is 2.61 bits per heavy atom. The summed E-state index contributed by atoms with van der Waals surface area (Å²) >= 11 is 0. The van der Waals surface area contributed by atoms with Gasteiger partial charge in [0.2, 0.25) is 5.95 Å². The van der Waals surface area contributed by atoms with E-state index in [-0.39, 0.29) is 0 Å². The van der Waals surface area contributed by atoms with Gasteiger partial charge in [-0.1, -0.05) is 13.8 Å². The Morgan fingerprint density at radius 2 is 2.00 bits per heavy atom. The number of rotatable bonds is 3. The molecule has 1 saturated heterocycles. The molecule has 1 atom stereocenters. The second kappa shape index (κ2) is 6.14. The summed E-state index contributed by atoms with van der Waals surface area (Å²) < 4.78 is 0. The van der Waals surface area contributed by atoms with Crippen LogP contribution in [0.25, 0.3) is 0 Å². The molecule has 0 radical (unpaired) electrons. The first-order valence-electron chi connectivity index (χ1n) is 6.96. The second-order valence-electron chi connectivity index (χ2n) is 5.52. The summed E-state index contributed by atoms with van der Waals surface area (Å²) in [4.78, 5) is 11.1. The lowest BCUT2D eigenvalue weighted by molar-refractivity contribution is 0.351. The molecule has 1 aliphatic heterocycles. The highest BCUT2D eigenvalue weighted by Gasteiger charge is 2.20. The van der Waals surface area contributed by atoms with Gasteiger partial charge in [0.1, 0.15) is 0 Å². The quantitative estimate of drug-likeness (QED) is 0.891. The normalized spacial score (nSPS) is 21.1. The van der Waals surface area contributed by atoms with Crippen LogP contribution in [0.4, 0.5) is 5.95 Å². The fraction of sp³-hybridized carbons (Fsp3) is 0.714. The Kier molecular flexibility index (Phi) is 4.53. The van der Waals surface area contributed by atoms with Gasteiger partial charge in [-0.2, -0.15) is 0 Å². The minimum Gasteiger partial charge on any atom is -0.341 e. The minimum absolute atomic E-state index is 0.510. The van der Waals surface area contributed by atoms with Crippen molar-refractivity contribution in [1.29, 1.82) is 0 Å². The number of hydrogen-bond acceptors (Lipinski definition) is 4. The van der Waals surface area contributed by atoms with Gasteiger partial charge in [-0.3, -0.25) is 0 Å². The zero-order valence-electron chi connectivity index (χ0n) is 11.5. The van der Waals surface area contributed by atoms with Crippen molar-refractivity contribution < 1.29 is 0 Å². The molecule has 0 spiro atoms. The molecule has 0 amide bonds. The Morgan fingerprint density at radius 1 is 1.28 bits per heavy atom. The molecule has 4 nitrogen and oxygen atoms in total. The Balaban J connectivity index is 2.00. The van der Waals surface area contributed by atoms with Crippen LogP contribution < -0.4 is 10.6 Å². The summed E-state index contributed by atoms with van der Waals surface area (Å²) in [5.74, 6) is 2.49. The highest BCUT2D eigenvalue weighted by atomic mass is 15.2. The number of nitrogens with two attached hydrogens (primary N) is 1. The number of hydrogen-bond donors (Lipinski definition) is 1. The SMILES string of the molecule is CC(C)C1CCCN(c2ncc(CN)cn2)CC1. The predicted molar refractivity (Wildman–Crippen MR) is 74.3 cm³/mol. The molecule has 1 aliphatic rings. The van der Waals surface area contributed by atoms with Crippen LogP contribution >= 0.6 is 0 Å². The molecule has 100 valence electrons. The molecule has 1 aromatic rings. The largest absolute Gasteiger partial charge is 0.341 e. The van der Waals surface area contributed by atoms with Crippen molar-refractivity contribution in [3.8, 4) is 0 Å². The first-order valence-corrected chi connectivity index (χ1v) is 6.96. The van der Waals surface area contributed by atoms with Gasteiger partial charge >= 0.3 is 0 Å². The van der Waals surface area contributed by atoms with Gasteiger partial charge in [-0.05, 0) is 31.1 Å². The highest BCUT2D eigenvalue weighted by molar-refractivity contribution is 5.29. The van der Waals surface area contributed by atoms with E-state index in [2.05, 4.69) is 28.7 Å². The van der Waals surface area contributed by atoms with Crippen molar-refractivity contribution in [2.45, 2.75) is 39.7 Å². The highest BCUT2D eigenvalue weighted by Crippen LogP contribution is 2.25. The third-order valence-corrected chi connectivity index (χ3v) is 3.93. The van der Waals surface area contributed by atoms with Crippen molar-refractivity contribution in [1.82, 2.24) is 9.97 Å². The molecule has 2 rings (SSSR count). The van der Waals surface area contributed by atoms with Gasteiger partial charge in [0.25, 0.3) is 0 Å². The number of aromatic nitrogens is 2. The average molecular weight is 248 g/mol. The van der Waals surface area contributed by atoms with Gasteiger partial charge in [0.05, 0.1) is 0 Å². The standard InChI is InChI=1S/C14H24N4/c1-11(2)13-4-3-6-18(7-5-13)14-16-9-12(8-15)10-17-14/h9-11,13H,3-8,15H2,1-2H3. The van der Waals surface area contributed by atoms with Gasteiger partial charge in [0, 0.05) is 37.6 Å². The first kappa shape index (κ1) is 13.3. The third-order valence-electron chi connectivity index (χ3n) is 3.93. The lowest BCUT2D eigenvalue weighted by Gasteiger charge is -2.21. The van der Waals surface area contributed by atoms with Gasteiger partial charge in [0.15, 0.2) is 0 Å². The van der Waals surface area contributed by atoms with Crippen LogP contribution in [0.3, 0.4) is 0 Å². The molecular formula is C14H24N4. The topological polar surface area (TPSA) is 55.0 Å². The monoisotopic (exact) mass is 248 g/mol. The number of nitrogens with zero attached hydrogens (tertiary/aromatic N) is 3. The van der Waals surface area contributed by atoms with Crippen molar-refractivity contribution in [3.05, 3.63) is 18.0 Å². The molecule has 1 aromatic heterocycles.